The second kappa shape index (κ2) is 5.61. The summed E-state index contributed by atoms with van der Waals surface area (Å²) in [5.74, 6) is 1.02. The van der Waals surface area contributed by atoms with Crippen LogP contribution in [-0.4, -0.2) is 5.84 Å². The molecule has 5 heteroatoms. The van der Waals surface area contributed by atoms with Crippen LogP contribution < -0.4 is 16.4 Å². The van der Waals surface area contributed by atoms with Crippen LogP contribution in [0.2, 0.25) is 0 Å². The number of anilines is 1. The number of benzene rings is 2. The fourth-order valence-electron chi connectivity index (χ4n) is 2.34. The lowest BCUT2D eigenvalue weighted by Gasteiger charge is -2.34. The molecule has 0 saturated heterocycles. The minimum absolute atomic E-state index is 0.252. The minimum atomic E-state index is -0.252. The fourth-order valence-corrected chi connectivity index (χ4v) is 2.60. The van der Waals surface area contributed by atoms with E-state index in [-0.39, 0.29) is 6.17 Å². The first-order valence-corrected chi connectivity index (χ1v) is 7.34. The molecule has 0 fully saturated rings. The minimum Gasteiger partial charge on any atom is -0.385 e. The van der Waals surface area contributed by atoms with Gasteiger partial charge in [-0.15, -0.1) is 0 Å². The monoisotopic (exact) mass is 342 g/mol. The van der Waals surface area contributed by atoms with Crippen molar-refractivity contribution in [3.8, 4) is 0 Å². The average molecular weight is 343 g/mol. The highest BCUT2D eigenvalue weighted by atomic mass is 79.9. The molecule has 4 N–H and O–H groups in total. The van der Waals surface area contributed by atoms with Crippen molar-refractivity contribution in [3.63, 3.8) is 0 Å². The van der Waals surface area contributed by atoms with E-state index < -0.39 is 0 Å². The van der Waals surface area contributed by atoms with E-state index in [1.54, 1.807) is 6.08 Å². The van der Waals surface area contributed by atoms with E-state index in [0.717, 1.165) is 15.7 Å². The molecule has 1 aliphatic rings. The summed E-state index contributed by atoms with van der Waals surface area (Å²) in [6, 6.07) is 17.9. The molecule has 2 aromatic rings. The van der Waals surface area contributed by atoms with Crippen molar-refractivity contribution < 1.29 is 0 Å². The van der Waals surface area contributed by atoms with Gasteiger partial charge in [0.15, 0.2) is 6.17 Å². The molecule has 1 heterocycles. The van der Waals surface area contributed by atoms with Crippen molar-refractivity contribution in [2.45, 2.75) is 6.17 Å². The first-order valence-electron chi connectivity index (χ1n) is 6.55. The summed E-state index contributed by atoms with van der Waals surface area (Å²) in [4.78, 5) is 6.51. The maximum Gasteiger partial charge on any atom is 0.154 e. The Morgan fingerprint density at radius 2 is 1.62 bits per heavy atom. The number of nitrogens with two attached hydrogens (primary N) is 2. The maximum absolute atomic E-state index is 6.18. The zero-order valence-electron chi connectivity index (χ0n) is 11.3. The molecule has 0 aromatic heterocycles. The molecule has 1 aliphatic heterocycles. The van der Waals surface area contributed by atoms with Gasteiger partial charge in [-0.3, -0.25) is 0 Å². The second-order valence-electron chi connectivity index (χ2n) is 4.75. The molecule has 0 aliphatic carbocycles. The van der Waals surface area contributed by atoms with E-state index >= 15 is 0 Å². The van der Waals surface area contributed by atoms with Crippen LogP contribution in [-0.2, 0) is 0 Å². The topological polar surface area (TPSA) is 67.6 Å². The number of halogens is 1. The molecule has 0 spiro atoms. The van der Waals surface area contributed by atoms with E-state index in [4.69, 9.17) is 11.5 Å². The molecular formula is C16H15BrN4. The van der Waals surface area contributed by atoms with Crippen LogP contribution >= 0.6 is 15.9 Å². The molecule has 3 rings (SSSR count). The number of rotatable bonds is 2. The molecule has 4 nitrogen and oxygen atoms in total. The summed E-state index contributed by atoms with van der Waals surface area (Å²) < 4.78 is 1.02. The summed E-state index contributed by atoms with van der Waals surface area (Å²) in [5, 5.41) is 0. The van der Waals surface area contributed by atoms with E-state index in [0.29, 0.717) is 11.7 Å². The molecule has 106 valence electrons. The Balaban J connectivity index is 2.07. The smallest absolute Gasteiger partial charge is 0.154 e. The van der Waals surface area contributed by atoms with Crippen molar-refractivity contribution in [2.75, 3.05) is 4.90 Å². The Labute approximate surface area is 131 Å². The van der Waals surface area contributed by atoms with E-state index in [1.807, 2.05) is 59.5 Å². The molecule has 21 heavy (non-hydrogen) atoms. The van der Waals surface area contributed by atoms with Gasteiger partial charge in [0, 0.05) is 16.2 Å². The summed E-state index contributed by atoms with van der Waals surface area (Å²) >= 11 is 3.44. The van der Waals surface area contributed by atoms with Crippen LogP contribution in [0.15, 0.2) is 76.0 Å². The number of hydrogen-bond acceptors (Lipinski definition) is 4. The highest BCUT2D eigenvalue weighted by Gasteiger charge is 2.25. The van der Waals surface area contributed by atoms with E-state index in [1.165, 1.54) is 0 Å². The third-order valence-electron chi connectivity index (χ3n) is 3.29. The van der Waals surface area contributed by atoms with Crippen LogP contribution in [0.5, 0.6) is 0 Å². The predicted molar refractivity (Wildman–Crippen MR) is 89.7 cm³/mol. The highest BCUT2D eigenvalue weighted by molar-refractivity contribution is 9.10. The summed E-state index contributed by atoms with van der Waals surface area (Å²) in [6.45, 7) is 0. The number of nitrogens with zero attached hydrogens (tertiary/aromatic N) is 2. The van der Waals surface area contributed by atoms with E-state index in [9.17, 15) is 0 Å². The van der Waals surface area contributed by atoms with Crippen molar-refractivity contribution in [1.82, 2.24) is 0 Å². The van der Waals surface area contributed by atoms with Gasteiger partial charge < -0.3 is 16.4 Å². The third kappa shape index (κ3) is 2.78. The van der Waals surface area contributed by atoms with Crippen molar-refractivity contribution >= 4 is 27.5 Å². The number of aliphatic imine (C=N–C) groups is 1. The lowest BCUT2D eigenvalue weighted by Crippen LogP contribution is -2.36. The zero-order chi connectivity index (χ0) is 14.8. The maximum atomic E-state index is 6.18. The first kappa shape index (κ1) is 13.7. The van der Waals surface area contributed by atoms with Gasteiger partial charge >= 0.3 is 0 Å². The van der Waals surface area contributed by atoms with Gasteiger partial charge in [0.25, 0.3) is 0 Å². The van der Waals surface area contributed by atoms with Crippen molar-refractivity contribution in [3.05, 3.63) is 76.5 Å². The Kier molecular flexibility index (Phi) is 3.66. The summed E-state index contributed by atoms with van der Waals surface area (Å²) in [6.07, 6.45) is 1.43. The van der Waals surface area contributed by atoms with Crippen LogP contribution in [0.4, 0.5) is 5.69 Å². The van der Waals surface area contributed by atoms with Gasteiger partial charge in [0.2, 0.25) is 0 Å². The molecule has 2 aromatic carbocycles. The molecule has 0 bridgehead atoms. The normalized spacial score (nSPS) is 18.1. The lowest BCUT2D eigenvalue weighted by molar-refractivity contribution is 0.693. The highest BCUT2D eigenvalue weighted by Crippen LogP contribution is 2.33. The van der Waals surface area contributed by atoms with Crippen molar-refractivity contribution in [1.29, 1.82) is 0 Å². The zero-order valence-corrected chi connectivity index (χ0v) is 12.9. The van der Waals surface area contributed by atoms with Gasteiger partial charge in [-0.2, -0.15) is 0 Å². The second-order valence-corrected chi connectivity index (χ2v) is 5.67. The van der Waals surface area contributed by atoms with Gasteiger partial charge in [0.05, 0.1) is 0 Å². The van der Waals surface area contributed by atoms with Crippen LogP contribution in [0.3, 0.4) is 0 Å². The fraction of sp³-hybridized carbons (Fsp3) is 0.0625. The number of hydrogen-bond donors (Lipinski definition) is 2. The summed E-state index contributed by atoms with van der Waals surface area (Å²) in [7, 11) is 0. The molecule has 0 unspecified atom stereocenters. The van der Waals surface area contributed by atoms with Gasteiger partial charge in [0.1, 0.15) is 11.7 Å². The molecular weight excluding hydrogens is 328 g/mol. The lowest BCUT2D eigenvalue weighted by atomic mass is 10.1. The third-order valence-corrected chi connectivity index (χ3v) is 3.82. The Hall–Kier alpha value is -2.27. The quantitative estimate of drug-likeness (QED) is 0.880. The summed E-state index contributed by atoms with van der Waals surface area (Å²) in [5.41, 5.74) is 14.1. The Morgan fingerprint density at radius 3 is 2.29 bits per heavy atom. The molecule has 0 amide bonds. The standard InChI is InChI=1S/C16H15BrN4/c17-12-6-8-13(9-7-12)21-15(19)10-14(18)20-16(21)11-4-2-1-3-5-11/h1-10,16H,19H2,(H2,18,20)/t16-/m0/s1. The molecule has 1 atom stereocenters. The molecule has 0 radical (unpaired) electrons. The Morgan fingerprint density at radius 1 is 0.952 bits per heavy atom. The largest absolute Gasteiger partial charge is 0.385 e. The van der Waals surface area contributed by atoms with Gasteiger partial charge in [-0.25, -0.2) is 4.99 Å². The van der Waals surface area contributed by atoms with Crippen LogP contribution in [0, 0.1) is 0 Å². The van der Waals surface area contributed by atoms with Gasteiger partial charge in [-0.1, -0.05) is 46.3 Å². The SMILES string of the molecule is NC1=CC(N)=N[C@H](c2ccccc2)N1c1ccc(Br)cc1. The van der Waals surface area contributed by atoms with Gasteiger partial charge in [-0.05, 0) is 29.8 Å². The number of amidine groups is 1. The van der Waals surface area contributed by atoms with Crippen LogP contribution in [0.25, 0.3) is 0 Å². The Bertz CT molecular complexity index is 692. The molecule has 0 saturated carbocycles. The first-order chi connectivity index (χ1) is 10.1. The van der Waals surface area contributed by atoms with Crippen LogP contribution in [0.1, 0.15) is 11.7 Å². The predicted octanol–water partition coefficient (Wildman–Crippen LogP) is 3.13. The van der Waals surface area contributed by atoms with Crippen molar-refractivity contribution in [2.24, 2.45) is 16.5 Å². The van der Waals surface area contributed by atoms with E-state index in [2.05, 4.69) is 20.9 Å². The average Bonchev–Trinajstić information content (AvgIpc) is 2.49.